The first-order valence-electron chi connectivity index (χ1n) is 21.6. The average molecular weight is 925 g/mol. The molecule has 5 heteroatoms. The zero-order valence-electron chi connectivity index (χ0n) is 38.3. The number of benzene rings is 4. The molecule has 0 saturated heterocycles. The first-order valence-corrected chi connectivity index (χ1v) is 27.5. The molecule has 0 bridgehead atoms. The summed E-state index contributed by atoms with van der Waals surface area (Å²) in [5, 5.41) is 5.54. The number of rotatable bonds is 9. The van der Waals surface area contributed by atoms with Crippen molar-refractivity contribution < 1.29 is 52.9 Å². The van der Waals surface area contributed by atoms with E-state index in [0.29, 0.717) is 0 Å². The van der Waals surface area contributed by atoms with E-state index in [4.69, 9.17) is 4.74 Å². The fourth-order valence-corrected chi connectivity index (χ4v) is 10.1. The van der Waals surface area contributed by atoms with Crippen molar-refractivity contribution in [3.63, 3.8) is 0 Å². The van der Waals surface area contributed by atoms with Crippen LogP contribution >= 0.6 is 0 Å². The third-order valence-electron chi connectivity index (χ3n) is 11.2. The Kier molecular flexibility index (Phi) is 19.2. The van der Waals surface area contributed by atoms with E-state index in [0.717, 1.165) is 6.61 Å². The molecule has 0 radical (unpaired) electrons. The molecule has 1 aliphatic rings. The van der Waals surface area contributed by atoms with Crippen LogP contribution in [0, 0.1) is 13.8 Å². The maximum Gasteiger partial charge on any atom is -0.0132 e. The van der Waals surface area contributed by atoms with Gasteiger partial charge in [0.05, 0.1) is 0 Å². The summed E-state index contributed by atoms with van der Waals surface area (Å²) < 4.78 is 5.67. The number of hydrogen-bond donors (Lipinski definition) is 0. The summed E-state index contributed by atoms with van der Waals surface area (Å²) >= 11 is 1.79. The van der Waals surface area contributed by atoms with Gasteiger partial charge in [-0.05, 0) is 52.3 Å². The smallest absolute Gasteiger partial charge is 0.0132 e. The first-order chi connectivity index (χ1) is 26.8. The zero-order valence-corrected chi connectivity index (χ0v) is 43.2. The maximum absolute atomic E-state index is 5.67. The minimum atomic E-state index is 0. The van der Waals surface area contributed by atoms with Gasteiger partial charge in [0.1, 0.15) is 0 Å². The molecule has 1 nitrogen and oxygen atoms in total. The SMILES string of the molecule is C[Si](=[Zr+2])CCCCCCOC(C)(C)C.Cc1cc2c(-c3ccc(C(C)(C)C)cc3)c3c(cc2[cH-]1)CCC3.Cc1cc2c(-c3ccc(C(C)(C)C)cc3)cccc2[cH-]1.[Cl-].[Cl-]. The van der Waals surface area contributed by atoms with Crippen molar-refractivity contribution in [2.24, 2.45) is 0 Å². The van der Waals surface area contributed by atoms with Gasteiger partial charge in [0, 0.05) is 0 Å². The van der Waals surface area contributed by atoms with E-state index in [2.05, 4.69) is 180 Å². The Balaban J connectivity index is 0.000000240. The number of fused-ring (bicyclic) bond motifs is 3. The van der Waals surface area contributed by atoms with Crippen LogP contribution in [0.3, 0.4) is 0 Å². The molecular formula is C54H70Cl2OSiZr-2. The molecule has 0 saturated carbocycles. The Bertz CT molecular complexity index is 2240. The van der Waals surface area contributed by atoms with Gasteiger partial charge in [-0.3, -0.25) is 0 Å². The predicted molar refractivity (Wildman–Crippen MR) is 249 cm³/mol. The summed E-state index contributed by atoms with van der Waals surface area (Å²) in [6, 6.07) is 38.0. The second-order valence-electron chi connectivity index (χ2n) is 19.7. The molecule has 0 spiro atoms. The second-order valence-corrected chi connectivity index (χ2v) is 28.0. The van der Waals surface area contributed by atoms with Crippen LogP contribution in [0.4, 0.5) is 0 Å². The number of aryl methyl sites for hydroxylation is 3. The molecule has 0 fully saturated rings. The third-order valence-corrected chi connectivity index (χ3v) is 14.2. The molecule has 0 heterocycles. The molecule has 1 aliphatic carbocycles. The molecule has 6 aromatic carbocycles. The Morgan fingerprint density at radius 1 is 0.627 bits per heavy atom. The quantitative estimate of drug-likeness (QED) is 0.0798. The first kappa shape index (κ1) is 51.1. The van der Waals surface area contributed by atoms with Crippen molar-refractivity contribution in [1.82, 2.24) is 0 Å². The Hall–Kier alpha value is -2.26. The van der Waals surface area contributed by atoms with Gasteiger partial charge in [0.15, 0.2) is 0 Å². The summed E-state index contributed by atoms with van der Waals surface area (Å²) in [7, 11) is 0. The van der Waals surface area contributed by atoms with Crippen LogP contribution in [-0.4, -0.2) is 17.6 Å². The van der Waals surface area contributed by atoms with Gasteiger partial charge in [0.2, 0.25) is 0 Å². The standard InChI is InChI=1S/C23H25.C20H21.C11H24OSi.2ClH.Zr/c1-15-12-18-14-17-6-5-7-20(17)22(21(18)13-15)16-8-10-19(11-9-16)23(2,3)4;1-14-12-16-6-5-7-18(19(16)13-14)15-8-10-17(11-9-15)20(2,3)4;1-11(2,3)12-9-7-5-6-8-10-13-4;;;/h8-14H,5-7H2,1-4H3;5-13H,1-4H3;5-10H2,1-4H3;2*1H;/q2*-1;;;;+2/p-2. The summed E-state index contributed by atoms with van der Waals surface area (Å²) in [5.41, 5.74) is 14.7. The number of unbranched alkanes of at least 4 members (excludes halogenated alkanes) is 3. The van der Waals surface area contributed by atoms with Crippen molar-refractivity contribution in [1.29, 1.82) is 0 Å². The van der Waals surface area contributed by atoms with E-state index < -0.39 is 0 Å². The second kappa shape index (κ2) is 22.2. The normalized spacial score (nSPS) is 12.5. The minimum absolute atomic E-state index is 0. The number of halogens is 2. The average Bonchev–Trinajstić information content (AvgIpc) is 3.86. The molecule has 0 N–H and O–H groups in total. The molecule has 6 aromatic rings. The van der Waals surface area contributed by atoms with E-state index in [1.165, 1.54) is 117 Å². The van der Waals surface area contributed by atoms with Crippen molar-refractivity contribution in [2.45, 2.75) is 150 Å². The van der Waals surface area contributed by atoms with Gasteiger partial charge in [-0.2, -0.15) is 12.1 Å². The van der Waals surface area contributed by atoms with Crippen molar-refractivity contribution in [2.75, 3.05) is 6.61 Å². The number of ether oxygens (including phenoxy) is 1. The van der Waals surface area contributed by atoms with E-state index in [-0.39, 0.29) is 46.7 Å². The Labute approximate surface area is 386 Å². The van der Waals surface area contributed by atoms with Gasteiger partial charge in [-0.15, -0.1) is 63.0 Å². The Morgan fingerprint density at radius 3 is 1.73 bits per heavy atom. The predicted octanol–water partition coefficient (Wildman–Crippen LogP) is 9.69. The molecular weight excluding hydrogens is 855 g/mol. The Morgan fingerprint density at radius 2 is 1.17 bits per heavy atom. The van der Waals surface area contributed by atoms with Crippen LogP contribution in [0.2, 0.25) is 12.6 Å². The van der Waals surface area contributed by atoms with E-state index in [1.54, 1.807) is 34.5 Å². The molecule has 316 valence electrons. The molecule has 0 amide bonds. The van der Waals surface area contributed by atoms with Crippen LogP contribution < -0.4 is 24.8 Å². The number of hydrogen-bond acceptors (Lipinski definition) is 1. The maximum atomic E-state index is 5.67. The van der Waals surface area contributed by atoms with Gasteiger partial charge in [-0.25, -0.2) is 0 Å². The van der Waals surface area contributed by atoms with Gasteiger partial charge in [0.25, 0.3) is 0 Å². The molecule has 0 aliphatic heterocycles. The van der Waals surface area contributed by atoms with Gasteiger partial charge < -0.3 is 24.8 Å². The van der Waals surface area contributed by atoms with Crippen LogP contribution in [0.25, 0.3) is 43.8 Å². The van der Waals surface area contributed by atoms with Gasteiger partial charge >= 0.3 is 105 Å². The largest absolute Gasteiger partial charge is 1.00 e. The summed E-state index contributed by atoms with van der Waals surface area (Å²) in [5.74, 6) is 0. The van der Waals surface area contributed by atoms with E-state index in [9.17, 15) is 0 Å². The third kappa shape index (κ3) is 14.7. The van der Waals surface area contributed by atoms with Crippen molar-refractivity contribution in [3.8, 4) is 22.3 Å². The zero-order chi connectivity index (χ0) is 41.5. The molecule has 0 atom stereocenters. The summed E-state index contributed by atoms with van der Waals surface area (Å²) in [4.78, 5) is 0. The van der Waals surface area contributed by atoms with Gasteiger partial charge in [-0.1, -0.05) is 132 Å². The van der Waals surface area contributed by atoms with E-state index in [1.807, 2.05) is 0 Å². The molecule has 0 unspecified atom stereocenters. The van der Waals surface area contributed by atoms with Crippen molar-refractivity contribution in [3.05, 3.63) is 130 Å². The van der Waals surface area contributed by atoms with E-state index >= 15 is 0 Å². The molecule has 59 heavy (non-hydrogen) atoms. The minimum Gasteiger partial charge on any atom is -1.00 e. The summed E-state index contributed by atoms with van der Waals surface area (Å²) in [6.45, 7) is 27.7. The fourth-order valence-electron chi connectivity index (χ4n) is 8.05. The van der Waals surface area contributed by atoms with Crippen LogP contribution in [0.15, 0.2) is 97.1 Å². The summed E-state index contributed by atoms with van der Waals surface area (Å²) in [6.07, 6.45) is 9.21. The molecule has 0 aromatic heterocycles. The van der Waals surface area contributed by atoms with Crippen molar-refractivity contribution >= 4 is 27.0 Å². The van der Waals surface area contributed by atoms with Crippen LogP contribution in [0.5, 0.6) is 0 Å². The topological polar surface area (TPSA) is 9.23 Å². The fraction of sp³-hybridized carbons (Fsp3) is 0.444. The van der Waals surface area contributed by atoms with Crippen LogP contribution in [0.1, 0.15) is 128 Å². The monoisotopic (exact) mass is 922 g/mol. The van der Waals surface area contributed by atoms with Crippen LogP contribution in [-0.2, 0) is 51.7 Å². The molecule has 7 rings (SSSR count).